The summed E-state index contributed by atoms with van der Waals surface area (Å²) in [7, 11) is 0. The van der Waals surface area contributed by atoms with Crippen molar-refractivity contribution in [3.63, 3.8) is 0 Å². The van der Waals surface area contributed by atoms with Crippen LogP contribution in [0.25, 0.3) is 0 Å². The molecule has 1 fully saturated rings. The third-order valence-corrected chi connectivity index (χ3v) is 2.21. The van der Waals surface area contributed by atoms with Gasteiger partial charge in [0, 0.05) is 0 Å². The van der Waals surface area contributed by atoms with E-state index in [0.29, 0.717) is 0 Å². The highest BCUT2D eigenvalue weighted by molar-refractivity contribution is 5.66. The summed E-state index contributed by atoms with van der Waals surface area (Å²) in [6.45, 7) is 0.504. The average molecular weight is 223 g/mol. The molecule has 0 spiro atoms. The second kappa shape index (κ2) is 4.96. The van der Waals surface area contributed by atoms with Crippen molar-refractivity contribution in [3.05, 3.63) is 35.9 Å². The number of hydroxylamine groups is 2. The standard InChI is InChI=1S/C11H13NO4/c13-10-6-12(16-8-10)11(14)15-7-9-4-2-1-3-5-9/h1-5,10,13H,6-8H2. The van der Waals surface area contributed by atoms with Crippen molar-refractivity contribution in [2.75, 3.05) is 13.2 Å². The van der Waals surface area contributed by atoms with Gasteiger partial charge in [-0.25, -0.2) is 4.79 Å². The quantitative estimate of drug-likeness (QED) is 0.810. The molecule has 0 bridgehead atoms. The lowest BCUT2D eigenvalue weighted by molar-refractivity contribution is -0.0936. The lowest BCUT2D eigenvalue weighted by Crippen LogP contribution is -2.28. The van der Waals surface area contributed by atoms with Crippen LogP contribution in [0.5, 0.6) is 0 Å². The molecule has 1 aliphatic rings. The fourth-order valence-electron chi connectivity index (χ4n) is 1.39. The van der Waals surface area contributed by atoms with Gasteiger partial charge in [-0.3, -0.25) is 4.84 Å². The van der Waals surface area contributed by atoms with Crippen molar-refractivity contribution in [1.29, 1.82) is 0 Å². The predicted octanol–water partition coefficient (Wildman–Crippen LogP) is 0.931. The number of hydrogen-bond acceptors (Lipinski definition) is 4. The Balaban J connectivity index is 1.80. The van der Waals surface area contributed by atoms with E-state index in [1.54, 1.807) is 0 Å². The van der Waals surface area contributed by atoms with Gasteiger partial charge < -0.3 is 9.84 Å². The van der Waals surface area contributed by atoms with Gasteiger partial charge in [0.05, 0.1) is 6.54 Å². The minimum atomic E-state index is -0.621. The Hall–Kier alpha value is -1.59. The number of carbonyl (C=O) groups excluding carboxylic acids is 1. The van der Waals surface area contributed by atoms with Crippen LogP contribution in [0, 0.1) is 0 Å². The molecule has 1 aliphatic heterocycles. The van der Waals surface area contributed by atoms with E-state index in [1.165, 1.54) is 0 Å². The molecule has 1 amide bonds. The van der Waals surface area contributed by atoms with Gasteiger partial charge in [-0.05, 0) is 5.56 Å². The van der Waals surface area contributed by atoms with Gasteiger partial charge >= 0.3 is 6.09 Å². The smallest absolute Gasteiger partial charge is 0.434 e. The van der Waals surface area contributed by atoms with Crippen LogP contribution in [0.2, 0.25) is 0 Å². The van der Waals surface area contributed by atoms with Crippen molar-refractivity contribution in [2.24, 2.45) is 0 Å². The molecule has 5 nitrogen and oxygen atoms in total. The van der Waals surface area contributed by atoms with E-state index in [2.05, 4.69) is 0 Å². The van der Waals surface area contributed by atoms with Gasteiger partial charge in [0.2, 0.25) is 0 Å². The third-order valence-electron chi connectivity index (χ3n) is 2.21. The molecule has 1 saturated heterocycles. The first-order chi connectivity index (χ1) is 7.75. The van der Waals surface area contributed by atoms with E-state index in [0.717, 1.165) is 10.6 Å². The van der Waals surface area contributed by atoms with Crippen LogP contribution in [0.15, 0.2) is 30.3 Å². The van der Waals surface area contributed by atoms with E-state index in [4.69, 9.17) is 14.7 Å². The summed E-state index contributed by atoms with van der Waals surface area (Å²) in [5.41, 5.74) is 0.913. The van der Waals surface area contributed by atoms with Crippen molar-refractivity contribution >= 4 is 6.09 Å². The lowest BCUT2D eigenvalue weighted by atomic mass is 10.2. The molecular formula is C11H13NO4. The number of β-amino-alcohol motifs (C(OH)–C–C–N with tert-alkyl or cyclic N) is 1. The minimum absolute atomic E-state index is 0.139. The average Bonchev–Trinajstić information content (AvgIpc) is 2.74. The molecule has 1 aromatic carbocycles. The maximum atomic E-state index is 11.4. The molecule has 1 aromatic rings. The summed E-state index contributed by atoms with van der Waals surface area (Å²) in [6.07, 6.45) is -1.19. The summed E-state index contributed by atoms with van der Waals surface area (Å²) in [5.74, 6) is 0. The van der Waals surface area contributed by atoms with Crippen LogP contribution in [0.3, 0.4) is 0 Å². The summed E-state index contributed by atoms with van der Waals surface area (Å²) >= 11 is 0. The molecule has 16 heavy (non-hydrogen) atoms. The van der Waals surface area contributed by atoms with Gasteiger partial charge in [0.25, 0.3) is 0 Å². The Morgan fingerprint density at radius 2 is 2.25 bits per heavy atom. The molecule has 0 aliphatic carbocycles. The Morgan fingerprint density at radius 3 is 2.88 bits per heavy atom. The zero-order valence-corrected chi connectivity index (χ0v) is 8.70. The first-order valence-electron chi connectivity index (χ1n) is 5.05. The van der Waals surface area contributed by atoms with E-state index < -0.39 is 12.2 Å². The Bertz CT molecular complexity index is 354. The highest BCUT2D eigenvalue weighted by Crippen LogP contribution is 2.09. The highest BCUT2D eigenvalue weighted by Gasteiger charge is 2.27. The number of ether oxygens (including phenoxy) is 1. The third kappa shape index (κ3) is 2.71. The SMILES string of the molecule is O=C(OCc1ccccc1)N1CC(O)CO1. The summed E-state index contributed by atoms with van der Waals surface area (Å²) in [5, 5.41) is 10.2. The van der Waals surface area contributed by atoms with E-state index in [-0.39, 0.29) is 19.8 Å². The predicted molar refractivity (Wildman–Crippen MR) is 55.3 cm³/mol. The first-order valence-corrected chi connectivity index (χ1v) is 5.05. The number of nitrogens with zero attached hydrogens (tertiary/aromatic N) is 1. The van der Waals surface area contributed by atoms with Gasteiger partial charge in [-0.2, -0.15) is 5.06 Å². The van der Waals surface area contributed by atoms with Crippen LogP contribution in [-0.4, -0.2) is 35.5 Å². The number of amides is 1. The van der Waals surface area contributed by atoms with Crippen LogP contribution in [0.4, 0.5) is 4.79 Å². The van der Waals surface area contributed by atoms with Gasteiger partial charge in [0.1, 0.15) is 19.3 Å². The van der Waals surface area contributed by atoms with Crippen molar-refractivity contribution in [3.8, 4) is 0 Å². The molecule has 0 radical (unpaired) electrons. The van der Waals surface area contributed by atoms with Gasteiger partial charge in [-0.15, -0.1) is 0 Å². The second-order valence-electron chi connectivity index (χ2n) is 3.55. The summed E-state index contributed by atoms with van der Waals surface area (Å²) in [6, 6.07) is 9.38. The largest absolute Gasteiger partial charge is 0.443 e. The van der Waals surface area contributed by atoms with Crippen molar-refractivity contribution in [2.45, 2.75) is 12.7 Å². The Kier molecular flexibility index (Phi) is 3.38. The molecule has 1 unspecified atom stereocenters. The fourth-order valence-corrected chi connectivity index (χ4v) is 1.39. The molecule has 2 rings (SSSR count). The second-order valence-corrected chi connectivity index (χ2v) is 3.55. The van der Waals surface area contributed by atoms with Crippen LogP contribution in [0.1, 0.15) is 5.56 Å². The maximum absolute atomic E-state index is 11.4. The monoisotopic (exact) mass is 223 g/mol. The summed E-state index contributed by atoms with van der Waals surface area (Å²) < 4.78 is 5.01. The first kappa shape index (κ1) is 10.9. The van der Waals surface area contributed by atoms with E-state index in [1.807, 2.05) is 30.3 Å². The lowest BCUT2D eigenvalue weighted by Gasteiger charge is -2.13. The Labute approximate surface area is 93.1 Å². The van der Waals surface area contributed by atoms with Crippen molar-refractivity contribution < 1.29 is 19.5 Å². The minimum Gasteiger partial charge on any atom is -0.443 e. The van der Waals surface area contributed by atoms with Crippen LogP contribution < -0.4 is 0 Å². The van der Waals surface area contributed by atoms with Crippen molar-refractivity contribution in [1.82, 2.24) is 5.06 Å². The number of carbonyl (C=O) groups is 1. The van der Waals surface area contributed by atoms with E-state index >= 15 is 0 Å². The number of hydrogen-bond donors (Lipinski definition) is 1. The van der Waals surface area contributed by atoms with Gasteiger partial charge in [0.15, 0.2) is 0 Å². The molecule has 86 valence electrons. The topological polar surface area (TPSA) is 59.0 Å². The summed E-state index contributed by atoms with van der Waals surface area (Å²) in [4.78, 5) is 16.4. The molecule has 5 heteroatoms. The molecule has 1 atom stereocenters. The molecule has 0 saturated carbocycles. The zero-order valence-electron chi connectivity index (χ0n) is 8.70. The number of aliphatic hydroxyl groups is 1. The highest BCUT2D eigenvalue weighted by atomic mass is 16.7. The molecule has 0 aromatic heterocycles. The van der Waals surface area contributed by atoms with Crippen LogP contribution in [-0.2, 0) is 16.2 Å². The zero-order chi connectivity index (χ0) is 11.4. The molecule has 1 heterocycles. The number of rotatable bonds is 2. The maximum Gasteiger partial charge on any atom is 0.434 e. The number of aliphatic hydroxyl groups excluding tert-OH is 1. The van der Waals surface area contributed by atoms with Gasteiger partial charge in [-0.1, -0.05) is 30.3 Å². The normalized spacial score (nSPS) is 19.8. The molecular weight excluding hydrogens is 210 g/mol. The number of benzene rings is 1. The Morgan fingerprint density at radius 1 is 1.50 bits per heavy atom. The molecule has 1 N–H and O–H groups in total. The van der Waals surface area contributed by atoms with E-state index in [9.17, 15) is 4.79 Å². The van der Waals surface area contributed by atoms with Crippen LogP contribution >= 0.6 is 0 Å². The fraction of sp³-hybridized carbons (Fsp3) is 0.364.